The zero-order valence-electron chi connectivity index (χ0n) is 15.4. The lowest BCUT2D eigenvalue weighted by molar-refractivity contribution is -0.130. The molecule has 0 aliphatic carbocycles. The first-order valence-corrected chi connectivity index (χ1v) is 11.2. The van der Waals surface area contributed by atoms with E-state index in [0.717, 1.165) is 16.5 Å². The van der Waals surface area contributed by atoms with Gasteiger partial charge in [0.1, 0.15) is 12.1 Å². The van der Waals surface area contributed by atoms with Crippen molar-refractivity contribution in [2.24, 2.45) is 11.8 Å². The van der Waals surface area contributed by atoms with Crippen LogP contribution in [0.4, 0.5) is 0 Å². The van der Waals surface area contributed by atoms with E-state index in [0.29, 0.717) is 0 Å². The number of hydrogen-bond donors (Lipinski definition) is 2. The van der Waals surface area contributed by atoms with Gasteiger partial charge in [-0.3, -0.25) is 14.2 Å². The molecule has 8 heteroatoms. The summed E-state index contributed by atoms with van der Waals surface area (Å²) < 4.78 is 17.4. The topological polar surface area (TPSA) is 92.7 Å². The van der Waals surface area contributed by atoms with Crippen molar-refractivity contribution < 1.29 is 23.6 Å². The van der Waals surface area contributed by atoms with Crippen LogP contribution in [0.3, 0.4) is 0 Å². The third-order valence-corrected chi connectivity index (χ3v) is 5.96. The predicted molar refractivity (Wildman–Crippen MR) is 105 cm³/mol. The Morgan fingerprint density at radius 3 is 2.42 bits per heavy atom. The average Bonchev–Trinajstić information content (AvgIpc) is 2.59. The smallest absolute Gasteiger partial charge is 0.344 e. The van der Waals surface area contributed by atoms with Crippen molar-refractivity contribution in [2.75, 3.05) is 12.9 Å². The van der Waals surface area contributed by atoms with Crippen molar-refractivity contribution >= 4 is 35.2 Å². The molecule has 1 amide bonds. The SMILES string of the molecule is CCOP(=O)(O)CNC(=O)[C@@H](CC(=O)Cc1ccc(Br)cc1)[C@@H](C)CC. The lowest BCUT2D eigenvalue weighted by atomic mass is 9.85. The summed E-state index contributed by atoms with van der Waals surface area (Å²) in [5, 5.41) is 2.46. The molecule has 0 saturated carbocycles. The molecule has 0 fully saturated rings. The standard InChI is InChI=1S/C18H27BrNO5P/c1-4-13(3)17(18(22)20-12-26(23,24)25-5-2)11-16(21)10-14-6-8-15(19)9-7-14/h6-9,13,17H,4-5,10-12H2,1-3H3,(H,20,22)(H,23,24)/t13-,17-/m0/s1. The molecule has 0 spiro atoms. The third kappa shape index (κ3) is 8.12. The summed E-state index contributed by atoms with van der Waals surface area (Å²) in [7, 11) is -3.84. The summed E-state index contributed by atoms with van der Waals surface area (Å²) in [4.78, 5) is 34.5. The number of amides is 1. The van der Waals surface area contributed by atoms with Crippen LogP contribution in [-0.2, 0) is 25.1 Å². The summed E-state index contributed by atoms with van der Waals surface area (Å²) in [6, 6.07) is 7.47. The van der Waals surface area contributed by atoms with Crippen LogP contribution < -0.4 is 5.32 Å². The number of benzene rings is 1. The second kappa shape index (κ2) is 11.0. The van der Waals surface area contributed by atoms with Gasteiger partial charge in [-0.25, -0.2) is 0 Å². The van der Waals surface area contributed by atoms with E-state index in [1.807, 2.05) is 38.1 Å². The second-order valence-corrected chi connectivity index (χ2v) is 9.06. The first kappa shape index (κ1) is 23.0. The van der Waals surface area contributed by atoms with Gasteiger partial charge in [-0.15, -0.1) is 0 Å². The molecule has 2 N–H and O–H groups in total. The van der Waals surface area contributed by atoms with E-state index in [4.69, 9.17) is 4.52 Å². The largest absolute Gasteiger partial charge is 0.347 e. The molecule has 26 heavy (non-hydrogen) atoms. The summed E-state index contributed by atoms with van der Waals surface area (Å²) >= 11 is 3.35. The van der Waals surface area contributed by atoms with Gasteiger partial charge in [0.25, 0.3) is 0 Å². The summed E-state index contributed by atoms with van der Waals surface area (Å²) in [5.74, 6) is -0.985. The van der Waals surface area contributed by atoms with Crippen LogP contribution in [0, 0.1) is 11.8 Å². The van der Waals surface area contributed by atoms with Gasteiger partial charge in [0.15, 0.2) is 0 Å². The van der Waals surface area contributed by atoms with Gasteiger partial charge in [-0.05, 0) is 30.5 Å². The molecule has 1 aromatic rings. The monoisotopic (exact) mass is 447 g/mol. The van der Waals surface area contributed by atoms with E-state index in [-0.39, 0.29) is 31.1 Å². The molecule has 1 rings (SSSR count). The number of halogens is 1. The first-order valence-electron chi connectivity index (χ1n) is 8.68. The highest BCUT2D eigenvalue weighted by atomic mass is 79.9. The highest BCUT2D eigenvalue weighted by Crippen LogP contribution is 2.40. The van der Waals surface area contributed by atoms with Crippen molar-refractivity contribution in [3.63, 3.8) is 0 Å². The van der Waals surface area contributed by atoms with Gasteiger partial charge in [-0.1, -0.05) is 48.3 Å². The fourth-order valence-corrected chi connectivity index (χ4v) is 3.66. The van der Waals surface area contributed by atoms with E-state index in [9.17, 15) is 19.0 Å². The van der Waals surface area contributed by atoms with Crippen LogP contribution >= 0.6 is 23.5 Å². The van der Waals surface area contributed by atoms with Gasteiger partial charge >= 0.3 is 7.60 Å². The molecular weight excluding hydrogens is 421 g/mol. The number of carbonyl (C=O) groups is 2. The maximum absolute atomic E-state index is 12.5. The maximum Gasteiger partial charge on any atom is 0.347 e. The van der Waals surface area contributed by atoms with Crippen LogP contribution in [0.25, 0.3) is 0 Å². The Kier molecular flexibility index (Phi) is 9.72. The molecule has 3 atom stereocenters. The van der Waals surface area contributed by atoms with Crippen LogP contribution in [0.1, 0.15) is 39.2 Å². The highest BCUT2D eigenvalue weighted by molar-refractivity contribution is 9.10. The number of rotatable bonds is 11. The van der Waals surface area contributed by atoms with E-state index < -0.39 is 25.7 Å². The minimum Gasteiger partial charge on any atom is -0.344 e. The van der Waals surface area contributed by atoms with Gasteiger partial charge < -0.3 is 14.7 Å². The molecule has 0 aromatic heterocycles. The van der Waals surface area contributed by atoms with E-state index >= 15 is 0 Å². The third-order valence-electron chi connectivity index (χ3n) is 4.21. The number of ketones is 1. The molecule has 0 aliphatic rings. The Morgan fingerprint density at radius 2 is 1.88 bits per heavy atom. The first-order chi connectivity index (χ1) is 12.2. The number of nitrogens with one attached hydrogen (secondary N) is 1. The second-order valence-electron chi connectivity index (χ2n) is 6.29. The van der Waals surface area contributed by atoms with Gasteiger partial charge in [0.2, 0.25) is 5.91 Å². The van der Waals surface area contributed by atoms with Crippen LogP contribution in [0.5, 0.6) is 0 Å². The molecule has 0 saturated heterocycles. The Balaban J connectivity index is 2.70. The molecule has 0 radical (unpaired) electrons. The minimum atomic E-state index is -3.84. The predicted octanol–water partition coefficient (Wildman–Crippen LogP) is 3.91. The zero-order valence-corrected chi connectivity index (χ0v) is 17.9. The lowest BCUT2D eigenvalue weighted by Crippen LogP contribution is -2.36. The van der Waals surface area contributed by atoms with E-state index in [2.05, 4.69) is 21.2 Å². The van der Waals surface area contributed by atoms with Crippen molar-refractivity contribution in [3.05, 3.63) is 34.3 Å². The number of hydrogen-bond acceptors (Lipinski definition) is 4. The van der Waals surface area contributed by atoms with Crippen LogP contribution in [0.2, 0.25) is 0 Å². The lowest BCUT2D eigenvalue weighted by Gasteiger charge is -2.22. The summed E-state index contributed by atoms with van der Waals surface area (Å²) in [5.41, 5.74) is 0.887. The molecule has 0 aliphatic heterocycles. The number of Topliss-reactive ketones (excluding diaryl/α,β-unsaturated/α-hetero) is 1. The maximum atomic E-state index is 12.5. The van der Waals surface area contributed by atoms with Crippen molar-refractivity contribution in [2.45, 2.75) is 40.0 Å². The zero-order chi connectivity index (χ0) is 19.7. The fraction of sp³-hybridized carbons (Fsp3) is 0.556. The molecule has 0 bridgehead atoms. The average molecular weight is 448 g/mol. The van der Waals surface area contributed by atoms with Crippen molar-refractivity contribution in [1.29, 1.82) is 0 Å². The molecule has 0 heterocycles. The van der Waals surface area contributed by atoms with Crippen LogP contribution in [0.15, 0.2) is 28.7 Å². The van der Waals surface area contributed by atoms with Crippen molar-refractivity contribution in [1.82, 2.24) is 5.32 Å². The molecule has 1 aromatic carbocycles. The van der Waals surface area contributed by atoms with Gasteiger partial charge in [0.05, 0.1) is 6.61 Å². The summed E-state index contributed by atoms with van der Waals surface area (Å²) in [6.45, 7) is 5.54. The van der Waals surface area contributed by atoms with E-state index in [1.165, 1.54) is 0 Å². The van der Waals surface area contributed by atoms with Crippen LogP contribution in [-0.4, -0.2) is 29.5 Å². The Hall–Kier alpha value is -1.01. The Morgan fingerprint density at radius 1 is 1.27 bits per heavy atom. The Bertz CT molecular complexity index is 649. The number of carbonyl (C=O) groups excluding carboxylic acids is 2. The molecule has 6 nitrogen and oxygen atoms in total. The Labute approximate surface area is 163 Å². The van der Waals surface area contributed by atoms with Gasteiger partial charge in [-0.2, -0.15) is 0 Å². The fourth-order valence-electron chi connectivity index (χ4n) is 2.54. The minimum absolute atomic E-state index is 0.0194. The van der Waals surface area contributed by atoms with Crippen molar-refractivity contribution in [3.8, 4) is 0 Å². The highest BCUT2D eigenvalue weighted by Gasteiger charge is 2.29. The summed E-state index contributed by atoms with van der Waals surface area (Å²) in [6.07, 6.45) is 0.631. The quantitative estimate of drug-likeness (QED) is 0.501. The molecule has 1 unspecified atom stereocenters. The van der Waals surface area contributed by atoms with E-state index in [1.54, 1.807) is 6.92 Å². The molecule has 146 valence electrons. The normalized spacial score (nSPS) is 15.7. The molecular formula is C18H27BrNO5P. The van der Waals surface area contributed by atoms with Gasteiger partial charge in [0, 0.05) is 23.2 Å².